The normalized spacial score (nSPS) is 15.4. The third kappa shape index (κ3) is 6.72. The first-order valence-electron chi connectivity index (χ1n) is 14.3. The van der Waals surface area contributed by atoms with Crippen molar-refractivity contribution >= 4 is 40.9 Å². The van der Waals surface area contributed by atoms with Crippen molar-refractivity contribution in [3.05, 3.63) is 47.0 Å². The molecule has 0 unspecified atom stereocenters. The van der Waals surface area contributed by atoms with Gasteiger partial charge in [-0.3, -0.25) is 14.4 Å². The Hall–Kier alpha value is -4.28. The number of imidazole rings is 1. The van der Waals surface area contributed by atoms with Crippen molar-refractivity contribution in [2.45, 2.75) is 51.1 Å². The number of hydrogen-bond acceptors (Lipinski definition) is 7. The van der Waals surface area contributed by atoms with E-state index in [-0.39, 0.29) is 24.4 Å². The molecule has 2 aliphatic rings. The van der Waals surface area contributed by atoms with Crippen LogP contribution in [0.5, 0.6) is 5.75 Å². The summed E-state index contributed by atoms with van der Waals surface area (Å²) in [7, 11) is 3.51. The first-order valence-corrected chi connectivity index (χ1v) is 14.3. The molecule has 3 aromatic rings. The van der Waals surface area contributed by atoms with E-state index in [1.807, 2.05) is 37.1 Å². The number of nitrogens with one attached hydrogen (secondary N) is 4. The molecule has 4 N–H and O–H groups in total. The number of benzene rings is 2. The Morgan fingerprint density at radius 2 is 1.95 bits per heavy atom. The molecule has 0 atom stereocenters. The highest BCUT2D eigenvalue weighted by molar-refractivity contribution is 6.00. The third-order valence-corrected chi connectivity index (χ3v) is 8.00. The molecule has 2 heterocycles. The average Bonchev–Trinajstić information content (AvgIpc) is 3.71. The molecule has 0 bridgehead atoms. The van der Waals surface area contributed by atoms with Gasteiger partial charge in [0.1, 0.15) is 5.75 Å². The minimum absolute atomic E-state index is 0.0678. The molecule has 11 heteroatoms. The fraction of sp³-hybridized carbons (Fsp3) is 0.467. The number of aromatic amines is 1. The lowest BCUT2D eigenvalue weighted by atomic mass is 10.0. The highest BCUT2D eigenvalue weighted by Crippen LogP contribution is 2.27. The molecule has 1 aromatic heterocycles. The van der Waals surface area contributed by atoms with E-state index in [1.54, 1.807) is 24.1 Å². The van der Waals surface area contributed by atoms with Crippen LogP contribution in [-0.2, 0) is 16.0 Å². The maximum Gasteiger partial charge on any atom is 0.251 e. The number of likely N-dealkylation sites (tertiary alicyclic amines) is 1. The van der Waals surface area contributed by atoms with E-state index in [0.717, 1.165) is 58.8 Å². The standard InChI is InChI=1S/C30H39N7O4/c1-19-14-21(16-26-28(19)35-30(34-26)33-22-4-5-22)29(40)32-17-27(39)36-12-9-23(10-13-36)37(18-38)11-8-20-15-24(41-3)6-7-25(20)31-2/h6-7,14-16,18,22-23,31H,4-5,8-13,17H2,1-3H3,(H,32,40)(H2,33,34,35). The zero-order chi connectivity index (χ0) is 28.9. The number of carbonyl (C=O) groups is 3. The first kappa shape index (κ1) is 28.3. The topological polar surface area (TPSA) is 132 Å². The molecule has 11 nitrogen and oxygen atoms in total. The van der Waals surface area contributed by atoms with Gasteiger partial charge < -0.3 is 35.5 Å². The molecule has 2 fully saturated rings. The van der Waals surface area contributed by atoms with Crippen LogP contribution in [0.15, 0.2) is 30.3 Å². The molecule has 1 saturated heterocycles. The third-order valence-electron chi connectivity index (χ3n) is 8.00. The molecule has 3 amide bonds. The minimum Gasteiger partial charge on any atom is -0.497 e. The number of anilines is 2. The quantitative estimate of drug-likeness (QED) is 0.250. The molecular formula is C30H39N7O4. The largest absolute Gasteiger partial charge is 0.497 e. The van der Waals surface area contributed by atoms with E-state index in [9.17, 15) is 14.4 Å². The van der Waals surface area contributed by atoms with E-state index < -0.39 is 0 Å². The molecule has 2 aromatic carbocycles. The zero-order valence-electron chi connectivity index (χ0n) is 24.0. The smallest absolute Gasteiger partial charge is 0.251 e. The number of nitrogens with zero attached hydrogens (tertiary/aromatic N) is 3. The number of piperidine rings is 1. The summed E-state index contributed by atoms with van der Waals surface area (Å²) in [6.07, 6.45) is 5.29. The van der Waals surface area contributed by atoms with Crippen molar-refractivity contribution < 1.29 is 19.1 Å². The summed E-state index contributed by atoms with van der Waals surface area (Å²) in [4.78, 5) is 49.2. The number of carbonyl (C=O) groups excluding carboxylic acids is 3. The molecule has 1 saturated carbocycles. The summed E-state index contributed by atoms with van der Waals surface area (Å²) < 4.78 is 5.35. The predicted molar refractivity (Wildman–Crippen MR) is 158 cm³/mol. The first-order chi connectivity index (χ1) is 19.9. The minimum atomic E-state index is -0.296. The van der Waals surface area contributed by atoms with Crippen LogP contribution in [-0.4, -0.2) is 90.4 Å². The summed E-state index contributed by atoms with van der Waals surface area (Å²) in [6.45, 7) is 3.52. The van der Waals surface area contributed by atoms with Gasteiger partial charge >= 0.3 is 0 Å². The van der Waals surface area contributed by atoms with E-state index in [2.05, 4.69) is 25.9 Å². The Labute approximate surface area is 240 Å². The molecule has 1 aliphatic heterocycles. The number of aryl methyl sites for hydroxylation is 1. The number of amides is 3. The lowest BCUT2D eigenvalue weighted by molar-refractivity contribution is -0.132. The van der Waals surface area contributed by atoms with E-state index in [4.69, 9.17) is 4.74 Å². The van der Waals surface area contributed by atoms with Crippen LogP contribution in [0.3, 0.4) is 0 Å². The van der Waals surface area contributed by atoms with Gasteiger partial charge in [-0.25, -0.2) is 4.98 Å². The van der Waals surface area contributed by atoms with Gasteiger partial charge in [-0.15, -0.1) is 0 Å². The van der Waals surface area contributed by atoms with Crippen LogP contribution >= 0.6 is 0 Å². The van der Waals surface area contributed by atoms with Gasteiger partial charge in [-0.2, -0.15) is 0 Å². The highest BCUT2D eigenvalue weighted by atomic mass is 16.5. The van der Waals surface area contributed by atoms with Gasteiger partial charge in [0.25, 0.3) is 5.91 Å². The Morgan fingerprint density at radius 1 is 1.17 bits per heavy atom. The van der Waals surface area contributed by atoms with E-state index in [1.165, 1.54) is 0 Å². The summed E-state index contributed by atoms with van der Waals surface area (Å²) in [5, 5.41) is 9.32. The number of ether oxygens (including phenoxy) is 1. The molecule has 0 radical (unpaired) electrons. The zero-order valence-corrected chi connectivity index (χ0v) is 24.0. The van der Waals surface area contributed by atoms with Crippen LogP contribution in [0.25, 0.3) is 11.0 Å². The Morgan fingerprint density at radius 3 is 2.63 bits per heavy atom. The lowest BCUT2D eigenvalue weighted by Crippen LogP contribution is -2.49. The Bertz CT molecular complexity index is 1410. The number of methoxy groups -OCH3 is 1. The van der Waals surface area contributed by atoms with Gasteiger partial charge in [0.05, 0.1) is 24.7 Å². The van der Waals surface area contributed by atoms with Crippen molar-refractivity contribution in [3.8, 4) is 5.75 Å². The number of hydrogen-bond donors (Lipinski definition) is 4. The van der Waals surface area contributed by atoms with Gasteiger partial charge in [0.2, 0.25) is 18.3 Å². The predicted octanol–water partition coefficient (Wildman–Crippen LogP) is 2.92. The maximum absolute atomic E-state index is 12.9. The average molecular weight is 562 g/mol. The highest BCUT2D eigenvalue weighted by Gasteiger charge is 2.27. The maximum atomic E-state index is 12.9. The summed E-state index contributed by atoms with van der Waals surface area (Å²) in [5.74, 6) is 1.08. The summed E-state index contributed by atoms with van der Waals surface area (Å²) >= 11 is 0. The van der Waals surface area contributed by atoms with Crippen molar-refractivity contribution in [1.82, 2.24) is 25.1 Å². The van der Waals surface area contributed by atoms with Gasteiger partial charge in [-0.05, 0) is 80.5 Å². The van der Waals surface area contributed by atoms with Crippen LogP contribution < -0.4 is 20.7 Å². The number of H-pyrrole nitrogens is 1. The van der Waals surface area contributed by atoms with Crippen molar-refractivity contribution in [2.24, 2.45) is 0 Å². The fourth-order valence-corrected chi connectivity index (χ4v) is 5.45. The van der Waals surface area contributed by atoms with E-state index >= 15 is 0 Å². The Kier molecular flexibility index (Phi) is 8.61. The van der Waals surface area contributed by atoms with Gasteiger partial charge in [-0.1, -0.05) is 0 Å². The molecule has 41 heavy (non-hydrogen) atoms. The van der Waals surface area contributed by atoms with Crippen LogP contribution in [0.2, 0.25) is 0 Å². The summed E-state index contributed by atoms with van der Waals surface area (Å²) in [6, 6.07) is 9.99. The molecular weight excluding hydrogens is 522 g/mol. The second-order valence-electron chi connectivity index (χ2n) is 10.9. The fourth-order valence-electron chi connectivity index (χ4n) is 5.45. The Balaban J connectivity index is 1.10. The van der Waals surface area contributed by atoms with Crippen LogP contribution in [0.4, 0.5) is 11.6 Å². The van der Waals surface area contributed by atoms with Crippen molar-refractivity contribution in [1.29, 1.82) is 0 Å². The molecule has 0 spiro atoms. The van der Waals surface area contributed by atoms with Crippen LogP contribution in [0.1, 0.15) is 47.2 Å². The number of aromatic nitrogens is 2. The van der Waals surface area contributed by atoms with Gasteiger partial charge in [0, 0.05) is 50.0 Å². The molecule has 218 valence electrons. The SMILES string of the molecule is CNc1ccc(OC)cc1CCN(C=O)C1CCN(C(=O)CNC(=O)c2cc(C)c3nc(NC4CC4)[nH]c3c2)CC1. The van der Waals surface area contributed by atoms with E-state index in [0.29, 0.717) is 50.5 Å². The van der Waals surface area contributed by atoms with Crippen molar-refractivity contribution in [3.63, 3.8) is 0 Å². The number of rotatable bonds is 12. The second kappa shape index (κ2) is 12.5. The van der Waals surface area contributed by atoms with Gasteiger partial charge in [0.15, 0.2) is 0 Å². The summed E-state index contributed by atoms with van der Waals surface area (Å²) in [5.41, 5.74) is 5.10. The monoisotopic (exact) mass is 561 g/mol. The van der Waals surface area contributed by atoms with Crippen LogP contribution in [0, 0.1) is 6.92 Å². The molecule has 5 rings (SSSR count). The lowest BCUT2D eigenvalue weighted by Gasteiger charge is -2.37. The number of fused-ring (bicyclic) bond motifs is 1. The molecule has 1 aliphatic carbocycles. The van der Waals surface area contributed by atoms with Crippen molar-refractivity contribution in [2.75, 3.05) is 51.0 Å². The second-order valence-corrected chi connectivity index (χ2v) is 10.9.